The highest BCUT2D eigenvalue weighted by Gasteiger charge is 2.32. The van der Waals surface area contributed by atoms with Crippen molar-refractivity contribution in [2.24, 2.45) is 0 Å². The molecule has 3 heterocycles. The molecular formula is C22H31BrN4O2. The van der Waals surface area contributed by atoms with Crippen LogP contribution in [0.2, 0.25) is 0 Å². The number of aromatic nitrogens is 1. The molecule has 1 saturated carbocycles. The minimum absolute atomic E-state index is 0.169. The number of aliphatic hydroxyl groups excluding tert-OH is 1. The number of anilines is 1. The Balaban J connectivity index is 0.00000117. The molecule has 0 aromatic carbocycles. The summed E-state index contributed by atoms with van der Waals surface area (Å²) in [6.07, 6.45) is 7.97. The maximum absolute atomic E-state index is 10.0. The summed E-state index contributed by atoms with van der Waals surface area (Å²) in [7, 11) is 0. The summed E-state index contributed by atoms with van der Waals surface area (Å²) >= 11 is 3.61. The van der Waals surface area contributed by atoms with Crippen molar-refractivity contribution in [2.75, 3.05) is 11.9 Å². The predicted molar refractivity (Wildman–Crippen MR) is 119 cm³/mol. The highest BCUT2D eigenvalue weighted by molar-refractivity contribution is 9.10. The molecule has 2 atom stereocenters. The molecule has 2 fully saturated rings. The van der Waals surface area contributed by atoms with Gasteiger partial charge in [-0.05, 0) is 61.4 Å². The number of rotatable bonds is 3. The van der Waals surface area contributed by atoms with Crippen LogP contribution in [0.25, 0.3) is 11.0 Å². The van der Waals surface area contributed by atoms with Gasteiger partial charge < -0.3 is 14.8 Å². The molecule has 2 aromatic rings. The van der Waals surface area contributed by atoms with Gasteiger partial charge >= 0.3 is 0 Å². The van der Waals surface area contributed by atoms with Gasteiger partial charge in [-0.25, -0.2) is 4.98 Å². The smallest absolute Gasteiger partial charge is 0.204 e. The van der Waals surface area contributed by atoms with E-state index in [-0.39, 0.29) is 6.10 Å². The summed E-state index contributed by atoms with van der Waals surface area (Å²) in [6.45, 7) is 7.10. The fourth-order valence-corrected chi connectivity index (χ4v) is 5.03. The van der Waals surface area contributed by atoms with E-state index in [2.05, 4.69) is 38.1 Å². The molecule has 0 spiro atoms. The predicted octanol–water partition coefficient (Wildman–Crippen LogP) is 5.06. The molecule has 29 heavy (non-hydrogen) atoms. The second kappa shape index (κ2) is 9.92. The van der Waals surface area contributed by atoms with E-state index in [9.17, 15) is 5.11 Å². The Labute approximate surface area is 181 Å². The number of piperidine rings is 1. The third-order valence-electron chi connectivity index (χ3n) is 6.04. The lowest BCUT2D eigenvalue weighted by Crippen LogP contribution is -2.51. The molecule has 0 amide bonds. The molecule has 2 aliphatic rings. The Hall–Kier alpha value is -1.62. The lowest BCUT2D eigenvalue weighted by atomic mass is 9.87. The Morgan fingerprint density at radius 1 is 1.24 bits per heavy atom. The van der Waals surface area contributed by atoms with Crippen LogP contribution in [-0.2, 0) is 0 Å². The van der Waals surface area contributed by atoms with Gasteiger partial charge in [0, 0.05) is 36.1 Å². The normalized spacial score (nSPS) is 27.7. The fraction of sp³-hybridized carbons (Fsp3) is 0.636. The fourth-order valence-electron chi connectivity index (χ4n) is 4.50. The molecule has 2 aromatic heterocycles. The zero-order valence-corrected chi connectivity index (χ0v) is 19.1. The molecule has 2 N–H and O–H groups in total. The van der Waals surface area contributed by atoms with Gasteiger partial charge in [0.05, 0.1) is 16.8 Å². The van der Waals surface area contributed by atoms with Crippen LogP contribution in [0.3, 0.4) is 0 Å². The van der Waals surface area contributed by atoms with E-state index in [1.54, 1.807) is 12.3 Å². The third kappa shape index (κ3) is 4.93. The average molecular weight is 463 g/mol. The Bertz CT molecular complexity index is 854. The lowest BCUT2D eigenvalue weighted by Gasteiger charge is -2.44. The van der Waals surface area contributed by atoms with Crippen molar-refractivity contribution in [3.63, 3.8) is 0 Å². The van der Waals surface area contributed by atoms with E-state index >= 15 is 0 Å². The van der Waals surface area contributed by atoms with Crippen molar-refractivity contribution >= 4 is 32.7 Å². The first-order valence-corrected chi connectivity index (χ1v) is 11.5. The van der Waals surface area contributed by atoms with Gasteiger partial charge in [-0.1, -0.05) is 13.8 Å². The number of fused-ring (bicyclic) bond motifs is 1. The maximum Gasteiger partial charge on any atom is 0.204 e. The number of pyridine rings is 1. The number of likely N-dealkylation sites (tertiary alicyclic amines) is 1. The Kier molecular flexibility index (Phi) is 7.55. The van der Waals surface area contributed by atoms with Crippen LogP contribution in [0.4, 0.5) is 5.82 Å². The van der Waals surface area contributed by atoms with E-state index in [1.165, 1.54) is 0 Å². The maximum atomic E-state index is 10.0. The molecule has 6 nitrogen and oxygen atoms in total. The van der Waals surface area contributed by atoms with Crippen molar-refractivity contribution in [2.45, 2.75) is 83.5 Å². The highest BCUT2D eigenvalue weighted by Crippen LogP contribution is 2.34. The molecule has 7 heteroatoms. The molecule has 158 valence electrons. The number of furan rings is 1. The topological polar surface area (TPSA) is 85.3 Å². The summed E-state index contributed by atoms with van der Waals surface area (Å²) < 4.78 is 6.28. The van der Waals surface area contributed by atoms with Gasteiger partial charge in [0.25, 0.3) is 0 Å². The first-order valence-electron chi connectivity index (χ1n) is 10.7. The first kappa shape index (κ1) is 22.1. The second-order valence-corrected chi connectivity index (χ2v) is 8.64. The van der Waals surface area contributed by atoms with E-state index in [1.807, 2.05) is 19.9 Å². The van der Waals surface area contributed by atoms with Crippen LogP contribution >= 0.6 is 15.9 Å². The zero-order chi connectivity index (χ0) is 21.0. The standard InChI is InChI=1S/C20H25BrN4O2.C2H6/c1-12-2-7-15(26)11-25(12)14-5-3-13(4-6-14)24-20-19(21)17-8-16(9-22)27-18(17)10-23-20;1-2/h8,10,12-15,26H,2-7,11H2,1H3,(H,23,24);1-2H3. The van der Waals surface area contributed by atoms with Gasteiger partial charge in [0.15, 0.2) is 5.58 Å². The quantitative estimate of drug-likeness (QED) is 0.662. The van der Waals surface area contributed by atoms with E-state index in [4.69, 9.17) is 9.68 Å². The van der Waals surface area contributed by atoms with Gasteiger partial charge in [-0.3, -0.25) is 4.90 Å². The number of nitrogens with one attached hydrogen (secondary N) is 1. The van der Waals surface area contributed by atoms with E-state index in [0.717, 1.165) is 60.7 Å². The average Bonchev–Trinajstić information content (AvgIpc) is 3.18. The molecule has 0 bridgehead atoms. The zero-order valence-electron chi connectivity index (χ0n) is 17.5. The monoisotopic (exact) mass is 462 g/mol. The van der Waals surface area contributed by atoms with Gasteiger partial charge in [-0.15, -0.1) is 0 Å². The van der Waals surface area contributed by atoms with E-state index < -0.39 is 0 Å². The van der Waals surface area contributed by atoms with Crippen LogP contribution in [-0.4, -0.2) is 45.8 Å². The van der Waals surface area contributed by atoms with Crippen LogP contribution in [0.5, 0.6) is 0 Å². The second-order valence-electron chi connectivity index (χ2n) is 7.85. The summed E-state index contributed by atoms with van der Waals surface area (Å²) in [6, 6.07) is 5.29. The lowest BCUT2D eigenvalue weighted by molar-refractivity contribution is 0.00411. The minimum atomic E-state index is -0.169. The molecular weight excluding hydrogens is 432 g/mol. The number of nitrogens with zero attached hydrogens (tertiary/aromatic N) is 3. The number of hydrogen-bond acceptors (Lipinski definition) is 6. The third-order valence-corrected chi connectivity index (χ3v) is 6.84. The Morgan fingerprint density at radius 2 is 1.97 bits per heavy atom. The van der Waals surface area contributed by atoms with Gasteiger partial charge in [-0.2, -0.15) is 5.26 Å². The van der Waals surface area contributed by atoms with Gasteiger partial charge in [0.1, 0.15) is 11.9 Å². The largest absolute Gasteiger partial charge is 0.444 e. The highest BCUT2D eigenvalue weighted by atomic mass is 79.9. The summed E-state index contributed by atoms with van der Waals surface area (Å²) in [5, 5.41) is 23.5. The summed E-state index contributed by atoms with van der Waals surface area (Å²) in [5.41, 5.74) is 0.616. The van der Waals surface area contributed by atoms with Crippen molar-refractivity contribution in [3.8, 4) is 6.07 Å². The van der Waals surface area contributed by atoms with Crippen molar-refractivity contribution in [1.29, 1.82) is 5.26 Å². The number of halogens is 1. The minimum Gasteiger partial charge on any atom is -0.444 e. The summed E-state index contributed by atoms with van der Waals surface area (Å²) in [5.74, 6) is 1.10. The number of hydrogen-bond donors (Lipinski definition) is 2. The number of nitriles is 1. The number of aliphatic hydroxyl groups is 1. The van der Waals surface area contributed by atoms with Gasteiger partial charge in [0.2, 0.25) is 5.76 Å². The van der Waals surface area contributed by atoms with Crippen molar-refractivity contribution in [1.82, 2.24) is 9.88 Å². The SMILES string of the molecule is CC.CC1CCC(O)CN1C1CCC(Nc2ncc3oc(C#N)cc3c2Br)CC1. The molecule has 0 radical (unpaired) electrons. The van der Waals surface area contributed by atoms with Crippen LogP contribution in [0, 0.1) is 11.3 Å². The van der Waals surface area contributed by atoms with Crippen LogP contribution < -0.4 is 5.32 Å². The number of β-amino-alcohol motifs (C(OH)–C–C–N with tert-alkyl or cyclic N) is 1. The Morgan fingerprint density at radius 3 is 2.66 bits per heavy atom. The van der Waals surface area contributed by atoms with Crippen LogP contribution in [0.1, 0.15) is 65.1 Å². The molecule has 2 unspecified atom stereocenters. The van der Waals surface area contributed by atoms with Crippen LogP contribution in [0.15, 0.2) is 21.2 Å². The van der Waals surface area contributed by atoms with E-state index in [0.29, 0.717) is 29.5 Å². The van der Waals surface area contributed by atoms with Crippen molar-refractivity contribution in [3.05, 3.63) is 22.5 Å². The molecule has 1 aliphatic carbocycles. The summed E-state index contributed by atoms with van der Waals surface area (Å²) in [4.78, 5) is 6.99. The first-order chi connectivity index (χ1) is 14.0. The molecule has 1 saturated heterocycles. The molecule has 1 aliphatic heterocycles. The van der Waals surface area contributed by atoms with Crippen molar-refractivity contribution < 1.29 is 9.52 Å². The molecule has 4 rings (SSSR count).